The molecule has 0 aliphatic carbocycles. The van der Waals surface area contributed by atoms with Gasteiger partial charge in [-0.2, -0.15) is 0 Å². The monoisotopic (exact) mass is 262 g/mol. The Hall–Kier alpha value is -1.34. The molecule has 0 saturated heterocycles. The number of amides is 2. The topological polar surface area (TPSA) is 108 Å². The molecular weight excluding hydrogens is 240 g/mol. The molecule has 1 atom stereocenters. The van der Waals surface area contributed by atoms with Crippen molar-refractivity contribution < 1.29 is 24.5 Å². The molecule has 4 N–H and O–H groups in total. The maximum absolute atomic E-state index is 11.3. The Labute approximate surface area is 107 Å². The number of hydrogen-bond acceptors (Lipinski definition) is 4. The van der Waals surface area contributed by atoms with Gasteiger partial charge in [0.25, 0.3) is 0 Å². The Bertz CT molecular complexity index is 248. The molecule has 2 amide bonds. The summed E-state index contributed by atoms with van der Waals surface area (Å²) >= 11 is 0. The number of ether oxygens (including phenoxy) is 1. The molecule has 0 aromatic heterocycles. The normalized spacial score (nSPS) is 11.9. The number of carbonyl (C=O) groups is 2. The van der Waals surface area contributed by atoms with Crippen molar-refractivity contribution in [1.82, 2.24) is 10.6 Å². The highest BCUT2D eigenvalue weighted by molar-refractivity contribution is 5.82. The molecule has 0 rings (SSSR count). The summed E-state index contributed by atoms with van der Waals surface area (Å²) in [5.41, 5.74) is 0. The number of carbonyl (C=O) groups excluding carboxylic acids is 1. The molecule has 106 valence electrons. The van der Waals surface area contributed by atoms with E-state index in [4.69, 9.17) is 14.9 Å². The Balaban J connectivity index is 3.65. The predicted octanol–water partition coefficient (Wildman–Crippen LogP) is -0.0621. The third-order valence-corrected chi connectivity index (χ3v) is 2.20. The van der Waals surface area contributed by atoms with Crippen LogP contribution in [0.15, 0.2) is 0 Å². The largest absolute Gasteiger partial charge is 0.480 e. The van der Waals surface area contributed by atoms with Crippen LogP contribution in [-0.4, -0.2) is 54.6 Å². The van der Waals surface area contributed by atoms with Crippen LogP contribution >= 0.6 is 0 Å². The molecule has 7 nitrogen and oxygen atoms in total. The van der Waals surface area contributed by atoms with Gasteiger partial charge >= 0.3 is 12.0 Å². The lowest BCUT2D eigenvalue weighted by Crippen LogP contribution is -2.47. The number of nitrogens with one attached hydrogen (secondary N) is 2. The van der Waals surface area contributed by atoms with Crippen LogP contribution in [0.1, 0.15) is 26.2 Å². The van der Waals surface area contributed by atoms with Crippen LogP contribution in [0.4, 0.5) is 4.79 Å². The standard InChI is InChI=1S/C11H22N2O5/c1-2-3-7-18-8-5-12-11(17)13-9(4-6-14)10(15)16/h9,14H,2-8H2,1H3,(H,15,16)(H2,12,13,17)/t9-/m1/s1. The van der Waals surface area contributed by atoms with Crippen molar-refractivity contribution in [2.45, 2.75) is 32.2 Å². The van der Waals surface area contributed by atoms with Gasteiger partial charge in [-0.15, -0.1) is 0 Å². The molecule has 0 radical (unpaired) electrons. The second-order valence-electron chi connectivity index (χ2n) is 3.77. The summed E-state index contributed by atoms with van der Waals surface area (Å²) in [6.07, 6.45) is 2.01. The van der Waals surface area contributed by atoms with E-state index in [9.17, 15) is 9.59 Å². The van der Waals surface area contributed by atoms with Crippen LogP contribution in [-0.2, 0) is 9.53 Å². The first-order valence-electron chi connectivity index (χ1n) is 6.07. The van der Waals surface area contributed by atoms with Gasteiger partial charge in [-0.3, -0.25) is 0 Å². The number of rotatable bonds is 10. The van der Waals surface area contributed by atoms with E-state index >= 15 is 0 Å². The first kappa shape index (κ1) is 16.7. The van der Waals surface area contributed by atoms with Crippen LogP contribution in [0.25, 0.3) is 0 Å². The second kappa shape index (κ2) is 10.8. The van der Waals surface area contributed by atoms with Crippen LogP contribution < -0.4 is 10.6 Å². The molecule has 0 bridgehead atoms. The molecular formula is C11H22N2O5. The van der Waals surface area contributed by atoms with Gasteiger partial charge in [0.2, 0.25) is 0 Å². The minimum absolute atomic E-state index is 0.0181. The minimum Gasteiger partial charge on any atom is -0.480 e. The SMILES string of the molecule is CCCCOCCNC(=O)N[C@H](CCO)C(=O)O. The molecule has 0 aromatic carbocycles. The van der Waals surface area contributed by atoms with Crippen molar-refractivity contribution in [3.63, 3.8) is 0 Å². The maximum atomic E-state index is 11.3. The Morgan fingerprint density at radius 3 is 2.61 bits per heavy atom. The number of carboxylic acids is 1. The lowest BCUT2D eigenvalue weighted by molar-refractivity contribution is -0.139. The first-order valence-corrected chi connectivity index (χ1v) is 6.07. The highest BCUT2D eigenvalue weighted by Crippen LogP contribution is 1.91. The van der Waals surface area contributed by atoms with Gasteiger partial charge in [0, 0.05) is 26.2 Å². The molecule has 0 aromatic rings. The number of hydrogen-bond donors (Lipinski definition) is 4. The van der Waals surface area contributed by atoms with E-state index in [2.05, 4.69) is 17.6 Å². The van der Waals surface area contributed by atoms with Crippen LogP contribution in [0.5, 0.6) is 0 Å². The summed E-state index contributed by atoms with van der Waals surface area (Å²) in [7, 11) is 0. The number of unbranched alkanes of at least 4 members (excludes halogenated alkanes) is 1. The smallest absolute Gasteiger partial charge is 0.326 e. The number of carboxylic acid groups (broad SMARTS) is 1. The molecule has 0 saturated carbocycles. The van der Waals surface area contributed by atoms with E-state index in [0.29, 0.717) is 19.8 Å². The van der Waals surface area contributed by atoms with E-state index < -0.39 is 18.0 Å². The van der Waals surface area contributed by atoms with E-state index in [1.54, 1.807) is 0 Å². The molecule has 0 aliphatic rings. The lowest BCUT2D eigenvalue weighted by Gasteiger charge is -2.13. The van der Waals surface area contributed by atoms with Gasteiger partial charge in [0.15, 0.2) is 0 Å². The predicted molar refractivity (Wildman–Crippen MR) is 65.4 cm³/mol. The Morgan fingerprint density at radius 1 is 1.33 bits per heavy atom. The van der Waals surface area contributed by atoms with E-state index in [-0.39, 0.29) is 13.0 Å². The van der Waals surface area contributed by atoms with E-state index in [1.165, 1.54) is 0 Å². The van der Waals surface area contributed by atoms with Crippen molar-refractivity contribution in [2.75, 3.05) is 26.4 Å². The van der Waals surface area contributed by atoms with Gasteiger partial charge in [0.05, 0.1) is 6.61 Å². The van der Waals surface area contributed by atoms with Gasteiger partial charge in [-0.25, -0.2) is 9.59 Å². The van der Waals surface area contributed by atoms with Crippen molar-refractivity contribution in [2.24, 2.45) is 0 Å². The maximum Gasteiger partial charge on any atom is 0.326 e. The van der Waals surface area contributed by atoms with Crippen molar-refractivity contribution >= 4 is 12.0 Å². The third-order valence-electron chi connectivity index (χ3n) is 2.20. The van der Waals surface area contributed by atoms with Crippen LogP contribution in [0, 0.1) is 0 Å². The van der Waals surface area contributed by atoms with Gasteiger partial charge in [0.1, 0.15) is 6.04 Å². The first-order chi connectivity index (χ1) is 8.61. The molecule has 0 heterocycles. The van der Waals surface area contributed by atoms with Crippen molar-refractivity contribution in [3.8, 4) is 0 Å². The minimum atomic E-state index is -1.17. The quantitative estimate of drug-likeness (QED) is 0.412. The number of aliphatic carboxylic acids is 1. The van der Waals surface area contributed by atoms with E-state index in [0.717, 1.165) is 12.8 Å². The summed E-state index contributed by atoms with van der Waals surface area (Å²) in [6, 6.07) is -1.65. The fraction of sp³-hybridized carbons (Fsp3) is 0.818. The average molecular weight is 262 g/mol. The van der Waals surface area contributed by atoms with Crippen molar-refractivity contribution in [3.05, 3.63) is 0 Å². The van der Waals surface area contributed by atoms with Crippen LogP contribution in [0.2, 0.25) is 0 Å². The molecule has 18 heavy (non-hydrogen) atoms. The summed E-state index contributed by atoms with van der Waals surface area (Å²) in [5.74, 6) is -1.17. The summed E-state index contributed by atoms with van der Waals surface area (Å²) in [5, 5.41) is 22.1. The summed E-state index contributed by atoms with van der Waals surface area (Å²) < 4.78 is 5.23. The molecule has 7 heteroatoms. The number of aliphatic hydroxyl groups is 1. The van der Waals surface area contributed by atoms with Crippen LogP contribution in [0.3, 0.4) is 0 Å². The fourth-order valence-electron chi connectivity index (χ4n) is 1.18. The number of aliphatic hydroxyl groups excluding tert-OH is 1. The molecule has 0 spiro atoms. The third kappa shape index (κ3) is 8.77. The van der Waals surface area contributed by atoms with E-state index in [1.807, 2.05) is 0 Å². The average Bonchev–Trinajstić information content (AvgIpc) is 2.33. The summed E-state index contributed by atoms with van der Waals surface area (Å²) in [6.45, 7) is 3.13. The van der Waals surface area contributed by atoms with Gasteiger partial charge < -0.3 is 25.6 Å². The number of urea groups is 1. The Kier molecular flexibility index (Phi) is 9.99. The molecule has 0 unspecified atom stereocenters. The zero-order valence-corrected chi connectivity index (χ0v) is 10.6. The fourth-order valence-corrected chi connectivity index (χ4v) is 1.18. The summed E-state index contributed by atoms with van der Waals surface area (Å²) in [4.78, 5) is 22.0. The highest BCUT2D eigenvalue weighted by atomic mass is 16.5. The second-order valence-corrected chi connectivity index (χ2v) is 3.77. The molecule has 0 fully saturated rings. The zero-order valence-electron chi connectivity index (χ0n) is 10.6. The van der Waals surface area contributed by atoms with Crippen molar-refractivity contribution in [1.29, 1.82) is 0 Å². The van der Waals surface area contributed by atoms with Gasteiger partial charge in [-0.1, -0.05) is 13.3 Å². The highest BCUT2D eigenvalue weighted by Gasteiger charge is 2.18. The molecule has 0 aliphatic heterocycles. The zero-order chi connectivity index (χ0) is 13.8. The lowest BCUT2D eigenvalue weighted by atomic mass is 10.2. The Morgan fingerprint density at radius 2 is 2.06 bits per heavy atom. The van der Waals surface area contributed by atoms with Gasteiger partial charge in [-0.05, 0) is 6.42 Å².